The van der Waals surface area contributed by atoms with Crippen LogP contribution in [0.5, 0.6) is 0 Å². The third-order valence-electron chi connectivity index (χ3n) is 6.90. The molecule has 0 bridgehead atoms. The number of nitrogens with zero attached hydrogens (tertiary/aromatic N) is 1. The van der Waals surface area contributed by atoms with Crippen LogP contribution in [0.3, 0.4) is 0 Å². The zero-order chi connectivity index (χ0) is 30.4. The lowest BCUT2D eigenvalue weighted by atomic mass is 9.80. The molecule has 1 fully saturated rings. The summed E-state index contributed by atoms with van der Waals surface area (Å²) in [5.41, 5.74) is 7.27. The van der Waals surface area contributed by atoms with E-state index in [1.54, 1.807) is 19.1 Å². The van der Waals surface area contributed by atoms with E-state index in [1.807, 2.05) is 19.1 Å². The van der Waals surface area contributed by atoms with E-state index >= 15 is 0 Å². The van der Waals surface area contributed by atoms with Gasteiger partial charge in [-0.2, -0.15) is 13.2 Å². The van der Waals surface area contributed by atoms with Gasteiger partial charge in [-0.3, -0.25) is 4.90 Å². The summed E-state index contributed by atoms with van der Waals surface area (Å²) in [4.78, 5) is 28.2. The van der Waals surface area contributed by atoms with E-state index in [4.69, 9.17) is 24.7 Å². The van der Waals surface area contributed by atoms with E-state index in [0.29, 0.717) is 12.2 Å². The van der Waals surface area contributed by atoms with Crippen molar-refractivity contribution in [2.24, 2.45) is 5.73 Å². The van der Waals surface area contributed by atoms with Gasteiger partial charge in [-0.25, -0.2) is 9.59 Å². The van der Waals surface area contributed by atoms with Crippen molar-refractivity contribution in [3.63, 3.8) is 0 Å². The fourth-order valence-electron chi connectivity index (χ4n) is 4.86. The van der Waals surface area contributed by atoms with Gasteiger partial charge in [0.2, 0.25) is 0 Å². The Labute approximate surface area is 242 Å². The van der Waals surface area contributed by atoms with Crippen molar-refractivity contribution in [1.82, 2.24) is 5.32 Å². The van der Waals surface area contributed by atoms with Crippen LogP contribution in [0.4, 0.5) is 18.9 Å². The zero-order valence-electron chi connectivity index (χ0n) is 23.6. The first-order chi connectivity index (χ1) is 20.1. The minimum Gasteiger partial charge on any atom is -0.466 e. The van der Waals surface area contributed by atoms with Gasteiger partial charge in [-0.1, -0.05) is 30.3 Å². The molecule has 1 saturated heterocycles. The highest BCUT2D eigenvalue weighted by Crippen LogP contribution is 2.44. The number of alkyl halides is 3. The number of rotatable bonds is 12. The number of halogens is 3. The van der Waals surface area contributed by atoms with Gasteiger partial charge in [0.05, 0.1) is 61.9 Å². The number of methoxy groups -OCH3 is 1. The second kappa shape index (κ2) is 13.4. The van der Waals surface area contributed by atoms with Crippen LogP contribution in [0, 0.1) is 0 Å². The molecule has 2 aliphatic heterocycles. The van der Waals surface area contributed by atoms with E-state index in [0.717, 1.165) is 24.2 Å². The molecular weight excluding hydrogens is 555 g/mol. The molecule has 2 atom stereocenters. The van der Waals surface area contributed by atoms with E-state index in [2.05, 4.69) is 5.32 Å². The molecule has 0 spiro atoms. The predicted molar refractivity (Wildman–Crippen MR) is 148 cm³/mol. The molecule has 0 aromatic heterocycles. The van der Waals surface area contributed by atoms with E-state index in [-0.39, 0.29) is 60.8 Å². The summed E-state index contributed by atoms with van der Waals surface area (Å²) in [6.07, 6.45) is -4.65. The van der Waals surface area contributed by atoms with Crippen LogP contribution in [0.25, 0.3) is 0 Å². The molecule has 0 saturated carbocycles. The lowest BCUT2D eigenvalue weighted by Crippen LogP contribution is -2.41. The molecule has 12 heteroatoms. The van der Waals surface area contributed by atoms with Gasteiger partial charge >= 0.3 is 18.1 Å². The summed E-state index contributed by atoms with van der Waals surface area (Å²) < 4.78 is 62.9. The van der Waals surface area contributed by atoms with Gasteiger partial charge in [0.1, 0.15) is 5.82 Å². The summed E-state index contributed by atoms with van der Waals surface area (Å²) in [6, 6.07) is 12.0. The van der Waals surface area contributed by atoms with Gasteiger partial charge in [-0.05, 0) is 43.2 Å². The summed E-state index contributed by atoms with van der Waals surface area (Å²) in [7, 11) is 1.18. The van der Waals surface area contributed by atoms with Crippen LogP contribution in [-0.2, 0) is 34.7 Å². The third kappa shape index (κ3) is 6.77. The normalized spacial score (nSPS) is 18.8. The average Bonchev–Trinajstić information content (AvgIpc) is 3.82. The molecule has 2 unspecified atom stereocenters. The number of ether oxygens (including phenoxy) is 4. The van der Waals surface area contributed by atoms with Crippen molar-refractivity contribution in [2.45, 2.75) is 32.0 Å². The number of benzene rings is 2. The monoisotopic (exact) mass is 589 g/mol. The highest BCUT2D eigenvalue weighted by atomic mass is 19.4. The highest BCUT2D eigenvalue weighted by molar-refractivity contribution is 6.01. The maximum atomic E-state index is 13.7. The van der Waals surface area contributed by atoms with Gasteiger partial charge in [0.25, 0.3) is 0 Å². The first-order valence-corrected chi connectivity index (χ1v) is 13.6. The molecule has 2 aliphatic rings. The van der Waals surface area contributed by atoms with Gasteiger partial charge < -0.3 is 30.0 Å². The molecule has 2 aromatic carbocycles. The van der Waals surface area contributed by atoms with Crippen LogP contribution in [-0.4, -0.2) is 58.6 Å². The van der Waals surface area contributed by atoms with E-state index < -0.39 is 29.6 Å². The fourth-order valence-corrected chi connectivity index (χ4v) is 4.86. The zero-order valence-corrected chi connectivity index (χ0v) is 23.6. The molecule has 2 aromatic rings. The summed E-state index contributed by atoms with van der Waals surface area (Å²) in [6.45, 7) is 4.88. The predicted octanol–water partition coefficient (Wildman–Crippen LogP) is 4.17. The van der Waals surface area contributed by atoms with Crippen molar-refractivity contribution in [1.29, 1.82) is 0 Å². The Bertz CT molecular complexity index is 1350. The number of carbonyl (C=O) groups excluding carboxylic acids is 2. The first kappa shape index (κ1) is 31.1. The quantitative estimate of drug-likeness (QED) is 0.213. The first-order valence-electron chi connectivity index (χ1n) is 13.6. The SMILES string of the molecule is CCOCCOCC1=C(C(=O)OC)C(c2ccc(C3CN3)cc2)C(C(=O)OCC)=C(N)N1c1cccc(C(F)(F)F)c1. The van der Waals surface area contributed by atoms with E-state index in [1.165, 1.54) is 24.1 Å². The Kier molecular flexibility index (Phi) is 9.92. The highest BCUT2D eigenvalue weighted by Gasteiger charge is 2.43. The molecular formula is C30H34F3N3O6. The van der Waals surface area contributed by atoms with E-state index in [9.17, 15) is 22.8 Å². The van der Waals surface area contributed by atoms with Crippen LogP contribution in [0.2, 0.25) is 0 Å². The number of hydrogen-bond donors (Lipinski definition) is 2. The Morgan fingerprint density at radius 2 is 1.64 bits per heavy atom. The van der Waals surface area contributed by atoms with Crippen LogP contribution in [0.15, 0.2) is 71.2 Å². The largest absolute Gasteiger partial charge is 0.466 e. The molecule has 4 rings (SSSR count). The molecule has 0 amide bonds. The van der Waals surface area contributed by atoms with Crippen LogP contribution < -0.4 is 16.0 Å². The van der Waals surface area contributed by atoms with Crippen molar-refractivity contribution in [2.75, 3.05) is 51.6 Å². The number of nitrogens with two attached hydrogens (primary N) is 1. The number of nitrogens with one attached hydrogen (secondary N) is 1. The third-order valence-corrected chi connectivity index (χ3v) is 6.90. The summed E-state index contributed by atoms with van der Waals surface area (Å²) in [5, 5.41) is 3.22. The van der Waals surface area contributed by atoms with Crippen molar-refractivity contribution >= 4 is 17.6 Å². The van der Waals surface area contributed by atoms with Crippen molar-refractivity contribution in [3.05, 3.63) is 87.9 Å². The number of hydrogen-bond acceptors (Lipinski definition) is 9. The van der Waals surface area contributed by atoms with Gasteiger partial charge in [0, 0.05) is 24.9 Å². The Hall–Kier alpha value is -3.87. The average molecular weight is 590 g/mol. The van der Waals surface area contributed by atoms with Gasteiger partial charge in [-0.15, -0.1) is 0 Å². The van der Waals surface area contributed by atoms with Crippen LogP contribution >= 0.6 is 0 Å². The molecule has 226 valence electrons. The Morgan fingerprint density at radius 3 is 2.24 bits per heavy atom. The summed E-state index contributed by atoms with van der Waals surface area (Å²) >= 11 is 0. The topological polar surface area (TPSA) is 122 Å². The minimum atomic E-state index is -4.65. The number of anilines is 1. The number of carbonyl (C=O) groups is 2. The maximum Gasteiger partial charge on any atom is 0.416 e. The Balaban J connectivity index is 1.95. The standard InChI is InChI=1S/C30H34F3N3O6/c1-4-40-13-14-41-17-23-25(28(37)39-3)24(19-11-9-18(10-12-19)22-16-35-22)26(29(38)42-5-2)27(34)36(23)21-8-6-7-20(15-21)30(31,32)33/h6-12,15,22,24,35H,4-5,13-14,16-17,34H2,1-3H3. The molecule has 3 N–H and O–H groups in total. The molecule has 0 radical (unpaired) electrons. The minimum absolute atomic E-state index is 0.00283. The second-order valence-electron chi connectivity index (χ2n) is 9.56. The molecule has 0 aliphatic carbocycles. The lowest BCUT2D eigenvalue weighted by molar-refractivity contribution is -0.139. The van der Waals surface area contributed by atoms with Crippen LogP contribution in [0.1, 0.15) is 42.5 Å². The van der Waals surface area contributed by atoms with Crippen molar-refractivity contribution in [3.8, 4) is 0 Å². The fraction of sp³-hybridized carbons (Fsp3) is 0.400. The lowest BCUT2D eigenvalue weighted by Gasteiger charge is -2.38. The maximum absolute atomic E-state index is 13.7. The smallest absolute Gasteiger partial charge is 0.416 e. The second-order valence-corrected chi connectivity index (χ2v) is 9.56. The van der Waals surface area contributed by atoms with Crippen molar-refractivity contribution < 1.29 is 41.7 Å². The Morgan fingerprint density at radius 1 is 0.976 bits per heavy atom. The molecule has 2 heterocycles. The summed E-state index contributed by atoms with van der Waals surface area (Å²) in [5.74, 6) is -2.86. The molecule has 9 nitrogen and oxygen atoms in total. The molecule has 42 heavy (non-hydrogen) atoms. The van der Waals surface area contributed by atoms with Gasteiger partial charge in [0.15, 0.2) is 0 Å². The number of esters is 2.